The highest BCUT2D eigenvalue weighted by molar-refractivity contribution is 5.94. The number of rotatable bonds is 5. The molecule has 2 saturated heterocycles. The molecular weight excluding hydrogens is 602 g/mol. The van der Waals surface area contributed by atoms with Crippen LogP contribution in [0.25, 0.3) is 17.0 Å². The van der Waals surface area contributed by atoms with E-state index >= 15 is 0 Å². The molecule has 12 heteroatoms. The van der Waals surface area contributed by atoms with Gasteiger partial charge >= 0.3 is 5.97 Å². The lowest BCUT2D eigenvalue weighted by molar-refractivity contribution is -0.159. The summed E-state index contributed by atoms with van der Waals surface area (Å²) in [5.74, 6) is -2.07. The Morgan fingerprint density at radius 3 is 2.51 bits per heavy atom. The van der Waals surface area contributed by atoms with Crippen molar-refractivity contribution < 1.29 is 33.4 Å². The molecule has 2 aromatic rings. The first-order valence-electron chi connectivity index (χ1n) is 16.4. The minimum Gasteiger partial charge on any atom is -0.455 e. The lowest BCUT2D eigenvalue weighted by Crippen LogP contribution is -2.63. The average molecular weight is 650 g/mol. The van der Waals surface area contributed by atoms with Gasteiger partial charge in [0.15, 0.2) is 0 Å². The van der Waals surface area contributed by atoms with E-state index in [0.29, 0.717) is 44.9 Å². The zero-order chi connectivity index (χ0) is 33.9. The van der Waals surface area contributed by atoms with Gasteiger partial charge in [-0.25, -0.2) is 10.4 Å². The lowest BCUT2D eigenvalue weighted by Gasteiger charge is -2.38. The number of cyclic esters (lactones) is 1. The molecule has 12 nitrogen and oxygen atoms in total. The number of hydrazine groups is 1. The fourth-order valence-electron chi connectivity index (χ4n) is 5.74. The molecule has 4 atom stereocenters. The molecule has 47 heavy (non-hydrogen) atoms. The van der Waals surface area contributed by atoms with Gasteiger partial charge in [0.05, 0.1) is 43.1 Å². The molecule has 3 amide bonds. The molecule has 4 heterocycles. The van der Waals surface area contributed by atoms with E-state index in [1.807, 2.05) is 57.2 Å². The molecule has 0 unspecified atom stereocenters. The molecule has 2 fully saturated rings. The average Bonchev–Trinajstić information content (AvgIpc) is 3.03. The number of hydrogen-bond acceptors (Lipinski definition) is 9. The number of carbonyl (C=O) groups excluding carboxylic acids is 4. The zero-order valence-electron chi connectivity index (χ0n) is 28.1. The van der Waals surface area contributed by atoms with Gasteiger partial charge in [-0.1, -0.05) is 51.1 Å². The molecule has 0 radical (unpaired) electrons. The van der Waals surface area contributed by atoms with Crippen LogP contribution >= 0.6 is 0 Å². The number of ether oxygens (including phenoxy) is 3. The summed E-state index contributed by atoms with van der Waals surface area (Å²) in [6, 6.07) is 6.80. The topological polar surface area (TPSA) is 148 Å². The smallest absolute Gasteiger partial charge is 0.325 e. The highest BCUT2D eigenvalue weighted by atomic mass is 16.5. The maximum absolute atomic E-state index is 13.9. The number of fused-ring (bicyclic) bond motifs is 4. The van der Waals surface area contributed by atoms with Crippen molar-refractivity contribution in [3.8, 4) is 0 Å². The Morgan fingerprint density at radius 1 is 1.06 bits per heavy atom. The second kappa shape index (κ2) is 14.1. The van der Waals surface area contributed by atoms with Crippen LogP contribution in [0.1, 0.15) is 71.7 Å². The van der Waals surface area contributed by atoms with E-state index in [1.165, 1.54) is 5.01 Å². The first-order valence-corrected chi connectivity index (χ1v) is 16.4. The van der Waals surface area contributed by atoms with E-state index in [4.69, 9.17) is 19.2 Å². The summed E-state index contributed by atoms with van der Waals surface area (Å²) in [7, 11) is 0. The number of carbonyl (C=O) groups is 4. The maximum Gasteiger partial charge on any atom is 0.325 e. The van der Waals surface area contributed by atoms with Gasteiger partial charge in [-0.15, -0.1) is 0 Å². The molecule has 5 rings (SSSR count). The number of nitrogens with one attached hydrogen (secondary N) is 3. The lowest BCUT2D eigenvalue weighted by atomic mass is 9.89. The Bertz CT molecular complexity index is 1540. The van der Waals surface area contributed by atoms with Gasteiger partial charge in [0.1, 0.15) is 24.2 Å². The minimum atomic E-state index is -1.07. The zero-order valence-corrected chi connectivity index (χ0v) is 28.1. The van der Waals surface area contributed by atoms with Crippen LogP contribution in [-0.2, 0) is 33.4 Å². The first kappa shape index (κ1) is 34.5. The van der Waals surface area contributed by atoms with Crippen molar-refractivity contribution in [2.24, 2.45) is 16.7 Å². The standard InChI is InChI=1S/C35H47N5O7/c1-21(2)29-30(41)37-28(17-45-18-35(6)19-46-20-35)31(42)40-15-7-8-26(39-40)32(43)47-22(3)25-12-11-24-10-9-23(16-27(24)36-25)13-14-34(4,5)33(44)38-29/h9-14,16,21-22,26,28-29,39H,7-8,15,17-20H2,1-6H3,(H,37,41)(H,38,44)/t22-,26+,28+,29+/m1/s1. The summed E-state index contributed by atoms with van der Waals surface area (Å²) in [5, 5.41) is 8.04. The highest BCUT2D eigenvalue weighted by Crippen LogP contribution is 2.27. The van der Waals surface area contributed by atoms with Crippen molar-refractivity contribution in [2.75, 3.05) is 33.0 Å². The van der Waals surface area contributed by atoms with E-state index in [9.17, 15) is 19.2 Å². The Morgan fingerprint density at radius 2 is 1.81 bits per heavy atom. The second-order valence-electron chi connectivity index (χ2n) is 14.2. The number of aromatic nitrogens is 1. The van der Waals surface area contributed by atoms with Crippen LogP contribution in [0.3, 0.4) is 0 Å². The summed E-state index contributed by atoms with van der Waals surface area (Å²) in [6.45, 7) is 12.7. The molecule has 254 valence electrons. The fraction of sp³-hybridized carbons (Fsp3) is 0.571. The van der Waals surface area contributed by atoms with Crippen molar-refractivity contribution in [1.29, 1.82) is 0 Å². The predicted octanol–water partition coefficient (Wildman–Crippen LogP) is 3.07. The highest BCUT2D eigenvalue weighted by Gasteiger charge is 2.38. The maximum atomic E-state index is 13.9. The summed E-state index contributed by atoms with van der Waals surface area (Å²) in [6.07, 6.45) is 4.03. The molecule has 0 spiro atoms. The van der Waals surface area contributed by atoms with Crippen molar-refractivity contribution >= 4 is 40.7 Å². The number of pyridine rings is 1. The largest absolute Gasteiger partial charge is 0.455 e. The van der Waals surface area contributed by atoms with Crippen LogP contribution in [0.5, 0.6) is 0 Å². The van der Waals surface area contributed by atoms with Crippen LogP contribution in [-0.4, -0.2) is 84.8 Å². The van der Waals surface area contributed by atoms with Crippen LogP contribution in [0.4, 0.5) is 0 Å². The normalized spacial score (nSPS) is 26.8. The van der Waals surface area contributed by atoms with Gasteiger partial charge in [-0.2, -0.15) is 0 Å². The molecule has 0 aliphatic carbocycles. The quantitative estimate of drug-likeness (QED) is 0.416. The van der Waals surface area contributed by atoms with Gasteiger partial charge in [0.25, 0.3) is 5.91 Å². The van der Waals surface area contributed by atoms with Gasteiger partial charge < -0.3 is 24.8 Å². The number of hydrogen-bond donors (Lipinski definition) is 3. The van der Waals surface area contributed by atoms with E-state index in [2.05, 4.69) is 16.1 Å². The Labute approximate surface area is 275 Å². The van der Waals surface area contributed by atoms with Crippen molar-refractivity contribution in [3.63, 3.8) is 0 Å². The predicted molar refractivity (Wildman–Crippen MR) is 175 cm³/mol. The molecule has 1 aromatic heterocycles. The fourth-order valence-corrected chi connectivity index (χ4v) is 5.74. The van der Waals surface area contributed by atoms with Gasteiger partial charge in [0, 0.05) is 17.3 Å². The van der Waals surface area contributed by atoms with E-state index in [1.54, 1.807) is 26.8 Å². The minimum absolute atomic E-state index is 0.0931. The Balaban J connectivity index is 1.46. The second-order valence-corrected chi connectivity index (χ2v) is 14.2. The van der Waals surface area contributed by atoms with Crippen LogP contribution in [0, 0.1) is 16.7 Å². The number of amides is 3. The molecule has 3 aliphatic rings. The summed E-state index contributed by atoms with van der Waals surface area (Å²) in [4.78, 5) is 59.3. The van der Waals surface area contributed by atoms with Crippen LogP contribution in [0.15, 0.2) is 36.4 Å². The van der Waals surface area contributed by atoms with E-state index in [0.717, 1.165) is 16.5 Å². The number of nitrogens with zero attached hydrogens (tertiary/aromatic N) is 2. The third-order valence-electron chi connectivity index (χ3n) is 8.95. The summed E-state index contributed by atoms with van der Waals surface area (Å²) in [5.41, 5.74) is 4.04. The van der Waals surface area contributed by atoms with Crippen molar-refractivity contribution in [3.05, 3.63) is 47.7 Å². The van der Waals surface area contributed by atoms with Crippen molar-refractivity contribution in [1.82, 2.24) is 26.1 Å². The monoisotopic (exact) mass is 649 g/mol. The Hall–Kier alpha value is -3.87. The van der Waals surface area contributed by atoms with Gasteiger partial charge in [-0.05, 0) is 57.2 Å². The third kappa shape index (κ3) is 8.17. The number of benzene rings is 1. The molecular formula is C35H47N5O7. The van der Waals surface area contributed by atoms with Crippen LogP contribution < -0.4 is 16.1 Å². The van der Waals surface area contributed by atoms with Crippen LogP contribution in [0.2, 0.25) is 0 Å². The van der Waals surface area contributed by atoms with Gasteiger partial charge in [-0.3, -0.25) is 24.2 Å². The molecule has 3 N–H and O–H groups in total. The van der Waals surface area contributed by atoms with Crippen molar-refractivity contribution in [2.45, 2.75) is 78.6 Å². The summed E-state index contributed by atoms with van der Waals surface area (Å²) < 4.78 is 17.1. The first-order chi connectivity index (χ1) is 22.2. The van der Waals surface area contributed by atoms with Gasteiger partial charge in [0.2, 0.25) is 11.8 Å². The summed E-state index contributed by atoms with van der Waals surface area (Å²) >= 11 is 0. The number of esters is 1. The van der Waals surface area contributed by atoms with E-state index in [-0.39, 0.29) is 23.8 Å². The molecule has 5 bridgehead atoms. The molecule has 3 aliphatic heterocycles. The molecule has 0 saturated carbocycles. The third-order valence-corrected chi connectivity index (χ3v) is 8.95. The SMILES string of the molecule is CC(C)[C@@H]1NC(=O)C(C)(C)C=Cc2ccc3ccc(nc3c2)[C@@H](C)OC(=O)[C@@H]2CCCN(N2)C(=O)[C@H](COCC2(C)COC2)NC1=O. The van der Waals surface area contributed by atoms with E-state index < -0.39 is 47.4 Å². The Kier molecular flexibility index (Phi) is 10.3. The molecule has 1 aromatic carbocycles.